The Morgan fingerprint density at radius 1 is 1.13 bits per heavy atom. The van der Waals surface area contributed by atoms with Gasteiger partial charge < -0.3 is 19.3 Å². The van der Waals surface area contributed by atoms with Crippen molar-refractivity contribution < 1.29 is 23.6 Å². The lowest BCUT2D eigenvalue weighted by molar-refractivity contribution is -0.151. The van der Waals surface area contributed by atoms with Gasteiger partial charge in [0.25, 0.3) is 5.89 Å². The molecule has 164 valence electrons. The largest absolute Gasteiger partial charge is 0.496 e. The Balaban J connectivity index is 1.13. The number of benzene rings is 1. The molecule has 0 atom stereocenters. The quantitative estimate of drug-likeness (QED) is 0.680. The van der Waals surface area contributed by atoms with Crippen molar-refractivity contribution in [3.8, 4) is 17.1 Å². The minimum Gasteiger partial charge on any atom is -0.496 e. The third kappa shape index (κ3) is 3.91. The van der Waals surface area contributed by atoms with E-state index in [2.05, 4.69) is 15.5 Å². The van der Waals surface area contributed by atoms with Gasteiger partial charge in [0.2, 0.25) is 11.7 Å². The highest BCUT2D eigenvalue weighted by molar-refractivity contribution is 5.86. The average molecular weight is 425 g/mol. The molecule has 31 heavy (non-hydrogen) atoms. The van der Waals surface area contributed by atoms with Crippen LogP contribution in [0.2, 0.25) is 0 Å². The molecule has 8 heteroatoms. The first-order valence-electron chi connectivity index (χ1n) is 10.9. The van der Waals surface area contributed by atoms with Crippen molar-refractivity contribution in [3.63, 3.8) is 0 Å². The maximum atomic E-state index is 12.9. The van der Waals surface area contributed by atoms with Crippen LogP contribution in [0, 0.1) is 23.2 Å². The number of aromatic nitrogens is 2. The normalized spacial score (nSPS) is 28.4. The minimum absolute atomic E-state index is 0.0137. The zero-order chi connectivity index (χ0) is 21.4. The van der Waals surface area contributed by atoms with Gasteiger partial charge in [-0.2, -0.15) is 4.98 Å². The van der Waals surface area contributed by atoms with Crippen LogP contribution in [0.15, 0.2) is 28.8 Å². The van der Waals surface area contributed by atoms with Gasteiger partial charge in [-0.05, 0) is 68.4 Å². The van der Waals surface area contributed by atoms with Gasteiger partial charge in [-0.25, -0.2) is 0 Å². The van der Waals surface area contributed by atoms with E-state index in [1.54, 1.807) is 13.2 Å². The SMILES string of the molecule is COc1ccccc1-c1noc(COC(=O)CNC(=O)C23CC4CC(CC(C4)C2)C3)n1. The lowest BCUT2D eigenvalue weighted by Crippen LogP contribution is -2.54. The molecule has 8 nitrogen and oxygen atoms in total. The van der Waals surface area contributed by atoms with E-state index in [-0.39, 0.29) is 30.4 Å². The van der Waals surface area contributed by atoms with Crippen LogP contribution in [0.25, 0.3) is 11.4 Å². The molecule has 0 unspecified atom stereocenters. The molecule has 4 aliphatic carbocycles. The van der Waals surface area contributed by atoms with Crippen molar-refractivity contribution in [2.24, 2.45) is 23.2 Å². The van der Waals surface area contributed by atoms with E-state index in [1.807, 2.05) is 18.2 Å². The first-order valence-corrected chi connectivity index (χ1v) is 10.9. The summed E-state index contributed by atoms with van der Waals surface area (Å²) in [6.07, 6.45) is 6.72. The maximum absolute atomic E-state index is 12.9. The molecule has 4 saturated carbocycles. The summed E-state index contributed by atoms with van der Waals surface area (Å²) in [4.78, 5) is 29.4. The number of methoxy groups -OCH3 is 1. The number of nitrogens with one attached hydrogen (secondary N) is 1. The van der Waals surface area contributed by atoms with Crippen molar-refractivity contribution in [1.29, 1.82) is 0 Å². The van der Waals surface area contributed by atoms with Crippen LogP contribution in [0.3, 0.4) is 0 Å². The third-order valence-electron chi connectivity index (χ3n) is 7.09. The van der Waals surface area contributed by atoms with Gasteiger partial charge in [-0.15, -0.1) is 0 Å². The molecule has 1 N–H and O–H groups in total. The van der Waals surface area contributed by atoms with E-state index in [0.29, 0.717) is 34.9 Å². The topological polar surface area (TPSA) is 104 Å². The number of rotatable bonds is 7. The first kappa shape index (κ1) is 20.0. The fourth-order valence-corrected chi connectivity index (χ4v) is 6.17. The van der Waals surface area contributed by atoms with Crippen LogP contribution in [-0.4, -0.2) is 35.7 Å². The average Bonchev–Trinajstić information content (AvgIpc) is 3.24. The predicted octanol–water partition coefficient (Wildman–Crippen LogP) is 3.12. The standard InChI is InChI=1S/C23H27N3O5/c1-29-18-5-3-2-4-17(18)21-25-19(31-26-21)13-30-20(27)12-24-22(28)23-9-14-6-15(10-23)8-16(7-14)11-23/h2-5,14-16H,6-13H2,1H3,(H,24,28). The summed E-state index contributed by atoms with van der Waals surface area (Å²) in [6, 6.07) is 7.32. The summed E-state index contributed by atoms with van der Waals surface area (Å²) in [5.74, 6) is 2.70. The number of esters is 1. The van der Waals surface area contributed by atoms with Crippen molar-refractivity contribution in [1.82, 2.24) is 15.5 Å². The summed E-state index contributed by atoms with van der Waals surface area (Å²) in [5, 5.41) is 6.75. The molecule has 0 saturated heterocycles. The van der Waals surface area contributed by atoms with Crippen LogP contribution in [0.1, 0.15) is 44.4 Å². The Labute approximate surface area is 180 Å². The molecule has 0 spiro atoms. The van der Waals surface area contributed by atoms with Crippen molar-refractivity contribution in [2.75, 3.05) is 13.7 Å². The second-order valence-corrected chi connectivity index (χ2v) is 9.25. The van der Waals surface area contributed by atoms with E-state index in [1.165, 1.54) is 19.3 Å². The number of nitrogens with zero attached hydrogens (tertiary/aromatic N) is 2. The van der Waals surface area contributed by atoms with Crippen LogP contribution < -0.4 is 10.1 Å². The highest BCUT2D eigenvalue weighted by Gasteiger charge is 2.54. The Morgan fingerprint density at radius 3 is 2.48 bits per heavy atom. The highest BCUT2D eigenvalue weighted by atomic mass is 16.6. The predicted molar refractivity (Wildman–Crippen MR) is 110 cm³/mol. The van der Waals surface area contributed by atoms with Gasteiger partial charge in [0.05, 0.1) is 12.7 Å². The zero-order valence-electron chi connectivity index (χ0n) is 17.6. The Morgan fingerprint density at radius 2 is 1.81 bits per heavy atom. The molecule has 0 radical (unpaired) electrons. The molecule has 1 aromatic carbocycles. The lowest BCUT2D eigenvalue weighted by Gasteiger charge is -2.55. The zero-order valence-corrected chi connectivity index (χ0v) is 17.6. The third-order valence-corrected chi connectivity index (χ3v) is 7.09. The fourth-order valence-electron chi connectivity index (χ4n) is 6.17. The highest BCUT2D eigenvalue weighted by Crippen LogP contribution is 2.60. The number of ether oxygens (including phenoxy) is 2. The number of carbonyl (C=O) groups excluding carboxylic acids is 2. The van der Waals surface area contributed by atoms with E-state index in [0.717, 1.165) is 19.3 Å². The summed E-state index contributed by atoms with van der Waals surface area (Å²) in [7, 11) is 1.57. The van der Waals surface area contributed by atoms with Crippen LogP contribution in [0.5, 0.6) is 5.75 Å². The molecule has 4 bridgehead atoms. The smallest absolute Gasteiger partial charge is 0.325 e. The molecule has 0 aliphatic heterocycles. The van der Waals surface area contributed by atoms with Crippen LogP contribution in [-0.2, 0) is 20.9 Å². The van der Waals surface area contributed by atoms with Gasteiger partial charge in [0.1, 0.15) is 12.3 Å². The van der Waals surface area contributed by atoms with Crippen LogP contribution >= 0.6 is 0 Å². The summed E-state index contributed by atoms with van der Waals surface area (Å²) < 4.78 is 15.7. The molecule has 1 heterocycles. The van der Waals surface area contributed by atoms with Crippen molar-refractivity contribution in [3.05, 3.63) is 30.2 Å². The van der Waals surface area contributed by atoms with Crippen LogP contribution in [0.4, 0.5) is 0 Å². The number of hydrogen-bond acceptors (Lipinski definition) is 7. The Bertz CT molecular complexity index is 950. The van der Waals surface area contributed by atoms with E-state index < -0.39 is 5.97 Å². The molecule has 6 rings (SSSR count). The lowest BCUT2D eigenvalue weighted by atomic mass is 9.49. The summed E-state index contributed by atoms with van der Waals surface area (Å²) >= 11 is 0. The monoisotopic (exact) mass is 425 g/mol. The Kier molecular flexibility index (Phi) is 5.16. The van der Waals surface area contributed by atoms with Crippen molar-refractivity contribution in [2.45, 2.75) is 45.1 Å². The van der Waals surface area contributed by atoms with Crippen molar-refractivity contribution >= 4 is 11.9 Å². The summed E-state index contributed by atoms with van der Waals surface area (Å²) in [5.41, 5.74) is 0.416. The van der Waals surface area contributed by atoms with E-state index in [9.17, 15) is 9.59 Å². The molecule has 4 aliphatic rings. The number of carbonyl (C=O) groups is 2. The molecule has 4 fully saturated rings. The van der Waals surface area contributed by atoms with E-state index in [4.69, 9.17) is 14.0 Å². The second kappa shape index (κ2) is 7.98. The Hall–Kier alpha value is -2.90. The maximum Gasteiger partial charge on any atom is 0.325 e. The number of hydrogen-bond donors (Lipinski definition) is 1. The van der Waals surface area contributed by atoms with Gasteiger partial charge in [0, 0.05) is 5.41 Å². The molecular weight excluding hydrogens is 398 g/mol. The number of amides is 1. The second-order valence-electron chi connectivity index (χ2n) is 9.25. The van der Waals surface area contributed by atoms with Gasteiger partial charge in [0.15, 0.2) is 6.61 Å². The molecular formula is C23H27N3O5. The van der Waals surface area contributed by atoms with Gasteiger partial charge in [-0.3, -0.25) is 9.59 Å². The minimum atomic E-state index is -0.518. The molecule has 2 aromatic rings. The van der Waals surface area contributed by atoms with Gasteiger partial charge >= 0.3 is 5.97 Å². The first-order chi connectivity index (χ1) is 15.0. The molecule has 1 amide bonds. The number of para-hydroxylation sites is 1. The van der Waals surface area contributed by atoms with E-state index >= 15 is 0 Å². The molecule has 1 aromatic heterocycles. The summed E-state index contributed by atoms with van der Waals surface area (Å²) in [6.45, 7) is -0.289. The van der Waals surface area contributed by atoms with Gasteiger partial charge in [-0.1, -0.05) is 17.3 Å². The fraction of sp³-hybridized carbons (Fsp3) is 0.565.